The molecule has 0 bridgehead atoms. The van der Waals surface area contributed by atoms with Gasteiger partial charge >= 0.3 is 0 Å². The number of rotatable bonds is 2. The molecule has 1 aliphatic heterocycles. The molecule has 0 saturated carbocycles. The number of ketones is 1. The summed E-state index contributed by atoms with van der Waals surface area (Å²) in [6.45, 7) is 2.05. The minimum atomic E-state index is -0.403. The standard InChI is InChI=1S/C11H12O2S/c1-2-11(10-4-3-7-14-10)8-9(12)5-6-13-11/h3-7H,2,8H2,1H3. The van der Waals surface area contributed by atoms with Gasteiger partial charge in [-0.3, -0.25) is 4.79 Å². The summed E-state index contributed by atoms with van der Waals surface area (Å²) in [5.74, 6) is 0.145. The van der Waals surface area contributed by atoms with Gasteiger partial charge in [0, 0.05) is 11.0 Å². The molecule has 74 valence electrons. The monoisotopic (exact) mass is 208 g/mol. The van der Waals surface area contributed by atoms with Crippen molar-refractivity contribution in [3.63, 3.8) is 0 Å². The van der Waals surface area contributed by atoms with Crippen LogP contribution in [0.2, 0.25) is 0 Å². The van der Waals surface area contributed by atoms with Gasteiger partial charge in [-0.1, -0.05) is 13.0 Å². The van der Waals surface area contributed by atoms with E-state index in [9.17, 15) is 4.79 Å². The molecule has 0 radical (unpaired) electrons. The molecule has 1 unspecified atom stereocenters. The van der Waals surface area contributed by atoms with Crippen LogP contribution in [0.3, 0.4) is 0 Å². The number of hydrogen-bond acceptors (Lipinski definition) is 3. The van der Waals surface area contributed by atoms with E-state index in [4.69, 9.17) is 4.74 Å². The maximum atomic E-state index is 11.4. The van der Waals surface area contributed by atoms with E-state index < -0.39 is 5.60 Å². The summed E-state index contributed by atoms with van der Waals surface area (Å²) in [4.78, 5) is 12.5. The Morgan fingerprint density at radius 1 is 1.64 bits per heavy atom. The molecule has 0 amide bonds. The van der Waals surface area contributed by atoms with Crippen molar-refractivity contribution in [3.8, 4) is 0 Å². The third-order valence-corrected chi connectivity index (χ3v) is 3.60. The third kappa shape index (κ3) is 1.48. The molecule has 14 heavy (non-hydrogen) atoms. The highest BCUT2D eigenvalue weighted by atomic mass is 32.1. The lowest BCUT2D eigenvalue weighted by molar-refractivity contribution is -0.123. The molecular formula is C11H12O2S. The maximum Gasteiger partial charge on any atom is 0.163 e. The van der Waals surface area contributed by atoms with Gasteiger partial charge < -0.3 is 4.74 Å². The molecule has 1 aromatic heterocycles. The summed E-state index contributed by atoms with van der Waals surface area (Å²) in [7, 11) is 0. The lowest BCUT2D eigenvalue weighted by Gasteiger charge is -2.32. The summed E-state index contributed by atoms with van der Waals surface area (Å²) < 4.78 is 5.64. The van der Waals surface area contributed by atoms with Gasteiger partial charge in [-0.05, 0) is 17.9 Å². The van der Waals surface area contributed by atoms with Crippen LogP contribution in [0.5, 0.6) is 0 Å². The van der Waals surface area contributed by atoms with Crippen LogP contribution in [0.15, 0.2) is 29.9 Å². The van der Waals surface area contributed by atoms with Crippen LogP contribution in [0.25, 0.3) is 0 Å². The number of allylic oxidation sites excluding steroid dienone is 1. The van der Waals surface area contributed by atoms with Gasteiger partial charge in [-0.2, -0.15) is 0 Å². The Labute approximate surface area is 87.2 Å². The fourth-order valence-electron chi connectivity index (χ4n) is 1.69. The quantitative estimate of drug-likeness (QED) is 0.747. The van der Waals surface area contributed by atoms with Crippen LogP contribution in [0.1, 0.15) is 24.6 Å². The van der Waals surface area contributed by atoms with Crippen molar-refractivity contribution in [1.82, 2.24) is 0 Å². The lowest BCUT2D eigenvalue weighted by Crippen LogP contribution is -2.31. The number of hydrogen-bond donors (Lipinski definition) is 0. The molecule has 0 N–H and O–H groups in total. The van der Waals surface area contributed by atoms with Crippen LogP contribution in [-0.2, 0) is 15.1 Å². The second kappa shape index (κ2) is 3.58. The topological polar surface area (TPSA) is 26.3 Å². The van der Waals surface area contributed by atoms with Gasteiger partial charge in [0.25, 0.3) is 0 Å². The fourth-order valence-corrected chi connectivity index (χ4v) is 2.63. The van der Waals surface area contributed by atoms with Crippen molar-refractivity contribution in [3.05, 3.63) is 34.7 Å². The third-order valence-electron chi connectivity index (χ3n) is 2.55. The predicted molar refractivity (Wildman–Crippen MR) is 56.1 cm³/mol. The average molecular weight is 208 g/mol. The molecule has 1 atom stereocenters. The van der Waals surface area contributed by atoms with Gasteiger partial charge in [0.2, 0.25) is 0 Å². The highest BCUT2D eigenvalue weighted by Gasteiger charge is 2.36. The van der Waals surface area contributed by atoms with Crippen LogP contribution in [0.4, 0.5) is 0 Å². The SMILES string of the molecule is CCC1(c2cccs2)CC(=O)C=CO1. The van der Waals surface area contributed by atoms with Crippen LogP contribution >= 0.6 is 11.3 Å². The highest BCUT2D eigenvalue weighted by Crippen LogP contribution is 2.38. The van der Waals surface area contributed by atoms with E-state index in [0.717, 1.165) is 11.3 Å². The molecule has 3 heteroatoms. The normalized spacial score (nSPS) is 26.2. The predicted octanol–water partition coefficient (Wildman–Crippen LogP) is 2.86. The minimum absolute atomic E-state index is 0.145. The van der Waals surface area contributed by atoms with E-state index in [1.54, 1.807) is 11.3 Å². The van der Waals surface area contributed by atoms with Crippen molar-refractivity contribution >= 4 is 17.1 Å². The molecule has 2 rings (SSSR count). The Morgan fingerprint density at radius 3 is 3.07 bits per heavy atom. The first-order valence-corrected chi connectivity index (χ1v) is 5.56. The summed E-state index contributed by atoms with van der Waals surface area (Å²) >= 11 is 1.64. The zero-order valence-electron chi connectivity index (χ0n) is 8.03. The summed E-state index contributed by atoms with van der Waals surface area (Å²) in [5.41, 5.74) is -0.403. The average Bonchev–Trinajstić information content (AvgIpc) is 2.71. The molecule has 0 spiro atoms. The van der Waals surface area contributed by atoms with E-state index in [1.807, 2.05) is 24.4 Å². The van der Waals surface area contributed by atoms with E-state index in [2.05, 4.69) is 0 Å². The molecule has 0 saturated heterocycles. The van der Waals surface area contributed by atoms with Gasteiger partial charge in [-0.25, -0.2) is 0 Å². The second-order valence-electron chi connectivity index (χ2n) is 3.39. The Bertz CT molecular complexity index is 353. The van der Waals surface area contributed by atoms with Crippen LogP contribution < -0.4 is 0 Å². The first kappa shape index (κ1) is 9.46. The van der Waals surface area contributed by atoms with Crippen molar-refractivity contribution in [2.24, 2.45) is 0 Å². The Morgan fingerprint density at radius 2 is 2.50 bits per heavy atom. The molecule has 2 heterocycles. The Hall–Kier alpha value is -1.09. The van der Waals surface area contributed by atoms with Crippen LogP contribution in [0, 0.1) is 0 Å². The second-order valence-corrected chi connectivity index (χ2v) is 4.34. The highest BCUT2D eigenvalue weighted by molar-refractivity contribution is 7.10. The van der Waals surface area contributed by atoms with Crippen molar-refractivity contribution < 1.29 is 9.53 Å². The van der Waals surface area contributed by atoms with Crippen molar-refractivity contribution in [2.75, 3.05) is 0 Å². The van der Waals surface area contributed by atoms with Gasteiger partial charge in [0.05, 0.1) is 12.7 Å². The Kier molecular flexibility index (Phi) is 2.42. The fraction of sp³-hybridized carbons (Fsp3) is 0.364. The molecule has 0 aliphatic carbocycles. The first-order chi connectivity index (χ1) is 6.77. The molecular weight excluding hydrogens is 196 g/mol. The Balaban J connectivity index is 2.36. The molecule has 0 fully saturated rings. The van der Waals surface area contributed by atoms with Crippen LogP contribution in [-0.4, -0.2) is 5.78 Å². The molecule has 2 nitrogen and oxygen atoms in total. The lowest BCUT2D eigenvalue weighted by atomic mass is 9.90. The number of carbonyl (C=O) groups is 1. The van der Waals surface area contributed by atoms with Crippen molar-refractivity contribution in [1.29, 1.82) is 0 Å². The number of carbonyl (C=O) groups excluding carboxylic acids is 1. The first-order valence-electron chi connectivity index (χ1n) is 4.68. The van der Waals surface area contributed by atoms with Gasteiger partial charge in [0.15, 0.2) is 5.78 Å². The summed E-state index contributed by atoms with van der Waals surface area (Å²) in [6, 6.07) is 4.02. The van der Waals surface area contributed by atoms with Gasteiger partial charge in [-0.15, -0.1) is 11.3 Å². The number of ether oxygens (including phenoxy) is 1. The van der Waals surface area contributed by atoms with E-state index >= 15 is 0 Å². The summed E-state index contributed by atoms with van der Waals surface area (Å²) in [6.07, 6.45) is 4.31. The molecule has 1 aromatic rings. The largest absolute Gasteiger partial charge is 0.489 e. The smallest absolute Gasteiger partial charge is 0.163 e. The van der Waals surface area contributed by atoms with Gasteiger partial charge in [0.1, 0.15) is 5.60 Å². The zero-order valence-corrected chi connectivity index (χ0v) is 8.84. The molecule has 1 aliphatic rings. The number of thiophene rings is 1. The summed E-state index contributed by atoms with van der Waals surface area (Å²) in [5, 5.41) is 2.01. The van der Waals surface area contributed by atoms with E-state index in [-0.39, 0.29) is 5.78 Å². The minimum Gasteiger partial charge on any atom is -0.489 e. The van der Waals surface area contributed by atoms with E-state index in [0.29, 0.717) is 6.42 Å². The molecule has 0 aromatic carbocycles. The maximum absolute atomic E-state index is 11.4. The zero-order chi connectivity index (χ0) is 10.0. The van der Waals surface area contributed by atoms with Crippen molar-refractivity contribution in [2.45, 2.75) is 25.4 Å². The van der Waals surface area contributed by atoms with E-state index in [1.165, 1.54) is 12.3 Å².